The summed E-state index contributed by atoms with van der Waals surface area (Å²) in [7, 11) is -2.00. The number of ether oxygens (including phenoxy) is 2. The molecule has 180 valence electrons. The average molecular weight is 487 g/mol. The van der Waals surface area contributed by atoms with Crippen molar-refractivity contribution in [1.29, 1.82) is 0 Å². The lowest BCUT2D eigenvalue weighted by molar-refractivity contribution is -0.158. The standard InChI is InChI=1S/C22H25F3N2O5S/c1-31-18-11-10-15(12-19(18)32-2)33(29,30)27-20(22(23,24)25)13-21(28)26-17-9-5-7-14-6-3-4-8-16(14)17/h3-4,6,8,10-12,17,20,27H,5,7,9,13H2,1-2H3,(H,26,28). The van der Waals surface area contributed by atoms with E-state index in [2.05, 4.69) is 5.32 Å². The number of halogens is 3. The summed E-state index contributed by atoms with van der Waals surface area (Å²) in [5.41, 5.74) is 1.90. The van der Waals surface area contributed by atoms with Crippen molar-refractivity contribution in [3.8, 4) is 11.5 Å². The third-order valence-corrected chi connectivity index (χ3v) is 6.92. The summed E-state index contributed by atoms with van der Waals surface area (Å²) < 4.78 is 77.9. The van der Waals surface area contributed by atoms with Gasteiger partial charge < -0.3 is 14.8 Å². The van der Waals surface area contributed by atoms with Crippen molar-refractivity contribution in [3.05, 3.63) is 53.6 Å². The zero-order valence-corrected chi connectivity index (χ0v) is 18.9. The normalized spacial score (nSPS) is 17.1. The van der Waals surface area contributed by atoms with Crippen molar-refractivity contribution < 1.29 is 35.9 Å². The lowest BCUT2D eigenvalue weighted by Gasteiger charge is -2.27. The molecule has 33 heavy (non-hydrogen) atoms. The Kier molecular flexibility index (Phi) is 7.53. The highest BCUT2D eigenvalue weighted by Crippen LogP contribution is 2.32. The van der Waals surface area contributed by atoms with Crippen LogP contribution in [0.15, 0.2) is 47.4 Å². The molecule has 0 saturated carbocycles. The molecule has 1 amide bonds. The molecule has 0 spiro atoms. The highest BCUT2D eigenvalue weighted by molar-refractivity contribution is 7.89. The zero-order valence-electron chi connectivity index (χ0n) is 18.1. The van der Waals surface area contributed by atoms with Crippen molar-refractivity contribution in [3.63, 3.8) is 0 Å². The van der Waals surface area contributed by atoms with Gasteiger partial charge in [-0.25, -0.2) is 8.42 Å². The summed E-state index contributed by atoms with van der Waals surface area (Å²) >= 11 is 0. The number of carbonyl (C=O) groups excluding carboxylic acids is 1. The molecular weight excluding hydrogens is 461 g/mol. The van der Waals surface area contributed by atoms with E-state index >= 15 is 0 Å². The Labute approximate surface area is 190 Å². The number of amides is 1. The summed E-state index contributed by atoms with van der Waals surface area (Å²) in [6.45, 7) is 0. The fourth-order valence-corrected chi connectivity index (χ4v) is 5.04. The van der Waals surface area contributed by atoms with Gasteiger partial charge >= 0.3 is 6.18 Å². The predicted octanol–water partition coefficient (Wildman–Crippen LogP) is 3.50. The fraction of sp³-hybridized carbons (Fsp3) is 0.409. The van der Waals surface area contributed by atoms with Gasteiger partial charge in [0.15, 0.2) is 11.5 Å². The molecule has 0 heterocycles. The molecule has 0 radical (unpaired) electrons. The van der Waals surface area contributed by atoms with E-state index in [0.29, 0.717) is 6.42 Å². The van der Waals surface area contributed by atoms with Crippen LogP contribution < -0.4 is 19.5 Å². The van der Waals surface area contributed by atoms with Crippen molar-refractivity contribution in [2.45, 2.75) is 48.8 Å². The Morgan fingerprint density at radius 1 is 1.12 bits per heavy atom. The van der Waals surface area contributed by atoms with Gasteiger partial charge in [0.1, 0.15) is 6.04 Å². The van der Waals surface area contributed by atoms with E-state index < -0.39 is 45.5 Å². The van der Waals surface area contributed by atoms with E-state index in [9.17, 15) is 26.4 Å². The highest BCUT2D eigenvalue weighted by atomic mass is 32.2. The largest absolute Gasteiger partial charge is 0.493 e. The maximum absolute atomic E-state index is 13.7. The Morgan fingerprint density at radius 3 is 2.48 bits per heavy atom. The minimum Gasteiger partial charge on any atom is -0.493 e. The maximum Gasteiger partial charge on any atom is 0.405 e. The van der Waals surface area contributed by atoms with Crippen molar-refractivity contribution >= 4 is 15.9 Å². The number of benzene rings is 2. The third kappa shape index (κ3) is 5.97. The van der Waals surface area contributed by atoms with Crippen LogP contribution in [0.2, 0.25) is 0 Å². The molecule has 2 unspecified atom stereocenters. The van der Waals surface area contributed by atoms with Crippen molar-refractivity contribution in [1.82, 2.24) is 10.0 Å². The van der Waals surface area contributed by atoms with Crippen LogP contribution >= 0.6 is 0 Å². The predicted molar refractivity (Wildman–Crippen MR) is 115 cm³/mol. The summed E-state index contributed by atoms with van der Waals surface area (Å²) in [4.78, 5) is 12.1. The number of rotatable bonds is 8. The molecule has 2 atom stereocenters. The molecule has 1 aliphatic carbocycles. The molecule has 2 aromatic rings. The topological polar surface area (TPSA) is 93.7 Å². The SMILES string of the molecule is COc1ccc(S(=O)(=O)NC(CC(=O)NC2CCCc3ccccc32)C(F)(F)F)cc1OC. The van der Waals surface area contributed by atoms with Gasteiger partial charge in [-0.3, -0.25) is 4.79 Å². The zero-order chi connectivity index (χ0) is 24.2. The minimum atomic E-state index is -4.98. The molecule has 0 fully saturated rings. The first kappa shape index (κ1) is 24.8. The molecule has 2 N–H and O–H groups in total. The van der Waals surface area contributed by atoms with Crippen LogP contribution in [0.5, 0.6) is 11.5 Å². The molecule has 1 aliphatic rings. The number of aryl methyl sites for hydroxylation is 1. The lowest BCUT2D eigenvalue weighted by atomic mass is 9.87. The number of fused-ring (bicyclic) bond motifs is 1. The van der Waals surface area contributed by atoms with Crippen LogP contribution in [0.3, 0.4) is 0 Å². The maximum atomic E-state index is 13.7. The summed E-state index contributed by atoms with van der Waals surface area (Å²) in [6.07, 6.45) is -3.85. The van der Waals surface area contributed by atoms with Crippen LogP contribution in [-0.4, -0.2) is 40.8 Å². The first-order chi connectivity index (χ1) is 15.5. The number of sulfonamides is 1. The molecule has 2 aromatic carbocycles. The first-order valence-electron chi connectivity index (χ1n) is 10.2. The Balaban J connectivity index is 1.76. The van der Waals surface area contributed by atoms with E-state index in [4.69, 9.17) is 9.47 Å². The van der Waals surface area contributed by atoms with Crippen LogP contribution in [0.1, 0.15) is 36.4 Å². The number of hydrogen-bond acceptors (Lipinski definition) is 5. The van der Waals surface area contributed by atoms with Gasteiger partial charge in [0, 0.05) is 6.07 Å². The quantitative estimate of drug-likeness (QED) is 0.596. The van der Waals surface area contributed by atoms with E-state index in [1.165, 1.54) is 20.3 Å². The second kappa shape index (κ2) is 10.0. The lowest BCUT2D eigenvalue weighted by Crippen LogP contribution is -2.48. The van der Waals surface area contributed by atoms with E-state index in [-0.39, 0.29) is 11.5 Å². The second-order valence-corrected chi connectivity index (χ2v) is 9.36. The first-order valence-corrected chi connectivity index (χ1v) is 11.7. The molecule has 0 aliphatic heterocycles. The molecule has 0 aromatic heterocycles. The molecule has 11 heteroatoms. The fourth-order valence-electron chi connectivity index (χ4n) is 3.81. The number of nitrogens with one attached hydrogen (secondary N) is 2. The van der Waals surface area contributed by atoms with Gasteiger partial charge in [0.25, 0.3) is 0 Å². The Hall–Kier alpha value is -2.79. The second-order valence-electron chi connectivity index (χ2n) is 7.65. The molecule has 7 nitrogen and oxygen atoms in total. The van der Waals surface area contributed by atoms with Crippen LogP contribution in [0.4, 0.5) is 13.2 Å². The molecule has 0 bridgehead atoms. The van der Waals surface area contributed by atoms with E-state index in [0.717, 1.165) is 36.1 Å². The van der Waals surface area contributed by atoms with E-state index in [1.54, 1.807) is 10.8 Å². The Bertz CT molecular complexity index is 1110. The summed E-state index contributed by atoms with van der Waals surface area (Å²) in [5.74, 6) is -0.636. The van der Waals surface area contributed by atoms with Gasteiger partial charge in [-0.15, -0.1) is 0 Å². The van der Waals surface area contributed by atoms with Crippen LogP contribution in [0, 0.1) is 0 Å². The van der Waals surface area contributed by atoms with Gasteiger partial charge in [-0.1, -0.05) is 24.3 Å². The molecule has 3 rings (SSSR count). The van der Waals surface area contributed by atoms with Gasteiger partial charge in [0.2, 0.25) is 15.9 Å². The average Bonchev–Trinajstić information content (AvgIpc) is 2.77. The van der Waals surface area contributed by atoms with Gasteiger partial charge in [-0.05, 0) is 42.5 Å². The van der Waals surface area contributed by atoms with Crippen LogP contribution in [-0.2, 0) is 21.2 Å². The Morgan fingerprint density at radius 2 is 1.82 bits per heavy atom. The monoisotopic (exact) mass is 486 g/mol. The summed E-state index contributed by atoms with van der Waals surface area (Å²) in [6, 6.07) is 7.81. The van der Waals surface area contributed by atoms with E-state index in [1.807, 2.05) is 18.2 Å². The summed E-state index contributed by atoms with van der Waals surface area (Å²) in [5, 5.41) is 2.63. The van der Waals surface area contributed by atoms with Gasteiger partial charge in [-0.2, -0.15) is 17.9 Å². The van der Waals surface area contributed by atoms with Gasteiger partial charge in [0.05, 0.1) is 31.6 Å². The van der Waals surface area contributed by atoms with Crippen LogP contribution in [0.25, 0.3) is 0 Å². The van der Waals surface area contributed by atoms with Crippen molar-refractivity contribution in [2.24, 2.45) is 0 Å². The highest BCUT2D eigenvalue weighted by Gasteiger charge is 2.44. The third-order valence-electron chi connectivity index (χ3n) is 5.45. The minimum absolute atomic E-state index is 0.0395. The molecule has 0 saturated heterocycles. The molecular formula is C22H25F3N2O5S. The number of alkyl halides is 3. The number of methoxy groups -OCH3 is 2. The number of carbonyl (C=O) groups is 1. The van der Waals surface area contributed by atoms with Crippen molar-refractivity contribution in [2.75, 3.05) is 14.2 Å². The smallest absolute Gasteiger partial charge is 0.405 e. The number of hydrogen-bond donors (Lipinski definition) is 2.